The molecule has 9 heteroatoms. The maximum atomic E-state index is 12.8. The summed E-state index contributed by atoms with van der Waals surface area (Å²) in [7, 11) is -3.52. The average Bonchev–Trinajstić information content (AvgIpc) is 2.99. The second kappa shape index (κ2) is 9.99. The van der Waals surface area contributed by atoms with Gasteiger partial charge in [-0.05, 0) is 43.0 Å². The number of rotatable bonds is 6. The molecule has 0 saturated carbocycles. The highest BCUT2D eigenvalue weighted by Crippen LogP contribution is 2.21. The van der Waals surface area contributed by atoms with Crippen molar-refractivity contribution in [1.29, 1.82) is 0 Å². The quantitative estimate of drug-likeness (QED) is 0.501. The van der Waals surface area contributed by atoms with Crippen LogP contribution in [0.5, 0.6) is 0 Å². The van der Waals surface area contributed by atoms with Gasteiger partial charge in [0.1, 0.15) is 0 Å². The van der Waals surface area contributed by atoms with Crippen LogP contribution in [0.2, 0.25) is 0 Å². The standard InChI is InChI=1S/C21H26N2O6S/c24-19-6-5-15-23(19)20(25)16-29-21(26)12-9-17-7-10-18(11-8-17)30(27,28)22-13-3-1-2-4-14-22/h7-12H,1-6,13-16H2. The van der Waals surface area contributed by atoms with E-state index in [4.69, 9.17) is 4.74 Å². The third-order valence-electron chi connectivity index (χ3n) is 5.21. The number of nitrogens with zero attached hydrogens (tertiary/aromatic N) is 2. The molecule has 2 saturated heterocycles. The molecule has 2 heterocycles. The van der Waals surface area contributed by atoms with Gasteiger partial charge in [0, 0.05) is 32.1 Å². The Morgan fingerprint density at radius 3 is 2.23 bits per heavy atom. The second-order valence-electron chi connectivity index (χ2n) is 7.37. The summed E-state index contributed by atoms with van der Waals surface area (Å²) in [6, 6.07) is 6.27. The van der Waals surface area contributed by atoms with Crippen molar-refractivity contribution in [1.82, 2.24) is 9.21 Å². The lowest BCUT2D eigenvalue weighted by Crippen LogP contribution is -2.35. The number of imide groups is 1. The first-order valence-corrected chi connectivity index (χ1v) is 11.6. The van der Waals surface area contributed by atoms with E-state index in [1.807, 2.05) is 0 Å². The van der Waals surface area contributed by atoms with Gasteiger partial charge >= 0.3 is 5.97 Å². The zero-order valence-electron chi connectivity index (χ0n) is 16.8. The van der Waals surface area contributed by atoms with Crippen molar-refractivity contribution in [3.8, 4) is 0 Å². The Morgan fingerprint density at radius 2 is 1.63 bits per heavy atom. The summed E-state index contributed by atoms with van der Waals surface area (Å²) >= 11 is 0. The minimum Gasteiger partial charge on any atom is -0.452 e. The van der Waals surface area contributed by atoms with Crippen molar-refractivity contribution in [2.75, 3.05) is 26.2 Å². The number of carbonyl (C=O) groups is 3. The molecule has 0 N–H and O–H groups in total. The van der Waals surface area contributed by atoms with E-state index in [1.54, 1.807) is 12.1 Å². The maximum Gasteiger partial charge on any atom is 0.331 e. The van der Waals surface area contributed by atoms with Crippen molar-refractivity contribution in [2.45, 2.75) is 43.4 Å². The molecule has 3 rings (SSSR count). The van der Waals surface area contributed by atoms with Crippen molar-refractivity contribution in [3.63, 3.8) is 0 Å². The first-order valence-electron chi connectivity index (χ1n) is 10.2. The normalized spacial score (nSPS) is 18.5. The van der Waals surface area contributed by atoms with Crippen LogP contribution >= 0.6 is 0 Å². The van der Waals surface area contributed by atoms with Gasteiger partial charge in [0.15, 0.2) is 6.61 Å². The van der Waals surface area contributed by atoms with Gasteiger partial charge in [-0.25, -0.2) is 13.2 Å². The van der Waals surface area contributed by atoms with Crippen LogP contribution in [0.3, 0.4) is 0 Å². The van der Waals surface area contributed by atoms with Crippen molar-refractivity contribution in [2.24, 2.45) is 0 Å². The fourth-order valence-electron chi connectivity index (χ4n) is 3.52. The fraction of sp³-hybridized carbons (Fsp3) is 0.476. The summed E-state index contributed by atoms with van der Waals surface area (Å²) in [5.74, 6) is -1.49. The molecule has 8 nitrogen and oxygen atoms in total. The molecule has 0 aliphatic carbocycles. The molecule has 2 amide bonds. The highest BCUT2D eigenvalue weighted by Gasteiger charge is 2.27. The van der Waals surface area contributed by atoms with Crippen LogP contribution in [0, 0.1) is 0 Å². The summed E-state index contributed by atoms with van der Waals surface area (Å²) in [5.41, 5.74) is 0.628. The number of ether oxygens (including phenoxy) is 1. The summed E-state index contributed by atoms with van der Waals surface area (Å²) < 4.78 is 32.0. The molecule has 0 atom stereocenters. The Morgan fingerprint density at radius 1 is 0.967 bits per heavy atom. The van der Waals surface area contributed by atoms with Gasteiger partial charge < -0.3 is 4.74 Å². The fourth-order valence-corrected chi connectivity index (χ4v) is 5.03. The van der Waals surface area contributed by atoms with Crippen molar-refractivity contribution in [3.05, 3.63) is 35.9 Å². The van der Waals surface area contributed by atoms with E-state index in [-0.39, 0.29) is 10.8 Å². The SMILES string of the molecule is O=C(C=Cc1ccc(S(=O)(=O)N2CCCCCC2)cc1)OCC(=O)N1CCCC1=O. The van der Waals surface area contributed by atoms with Gasteiger partial charge in [-0.3, -0.25) is 14.5 Å². The molecule has 2 aliphatic rings. The lowest BCUT2D eigenvalue weighted by Gasteiger charge is -2.19. The Hall–Kier alpha value is -2.52. The molecule has 0 bridgehead atoms. The molecule has 1 aromatic carbocycles. The molecule has 0 spiro atoms. The maximum absolute atomic E-state index is 12.8. The van der Waals surface area contributed by atoms with Crippen LogP contribution in [0.25, 0.3) is 6.08 Å². The number of sulfonamides is 1. The Kier molecular flexibility index (Phi) is 7.38. The molecule has 2 fully saturated rings. The monoisotopic (exact) mass is 434 g/mol. The van der Waals surface area contributed by atoms with E-state index in [0.29, 0.717) is 38.0 Å². The predicted molar refractivity (Wildman–Crippen MR) is 110 cm³/mol. The Labute approximate surface area is 176 Å². The number of benzene rings is 1. The number of hydrogen-bond acceptors (Lipinski definition) is 6. The average molecular weight is 435 g/mol. The Balaban J connectivity index is 1.54. The van der Waals surface area contributed by atoms with Gasteiger partial charge in [-0.15, -0.1) is 0 Å². The van der Waals surface area contributed by atoms with Gasteiger partial charge in [0.2, 0.25) is 15.9 Å². The smallest absolute Gasteiger partial charge is 0.331 e. The van der Waals surface area contributed by atoms with E-state index in [2.05, 4.69) is 0 Å². The van der Waals surface area contributed by atoms with E-state index in [9.17, 15) is 22.8 Å². The zero-order chi connectivity index (χ0) is 21.6. The van der Waals surface area contributed by atoms with Gasteiger partial charge in [0.05, 0.1) is 4.90 Å². The van der Waals surface area contributed by atoms with Crippen LogP contribution in [0.15, 0.2) is 35.2 Å². The predicted octanol–water partition coefficient (Wildman–Crippen LogP) is 1.96. The highest BCUT2D eigenvalue weighted by atomic mass is 32.2. The molecule has 1 aromatic rings. The second-order valence-corrected chi connectivity index (χ2v) is 9.31. The van der Waals surface area contributed by atoms with E-state index in [0.717, 1.165) is 36.7 Å². The largest absolute Gasteiger partial charge is 0.452 e. The van der Waals surface area contributed by atoms with Gasteiger partial charge in [-0.2, -0.15) is 4.31 Å². The van der Waals surface area contributed by atoms with E-state index < -0.39 is 28.5 Å². The van der Waals surface area contributed by atoms with Crippen molar-refractivity contribution < 1.29 is 27.5 Å². The highest BCUT2D eigenvalue weighted by molar-refractivity contribution is 7.89. The Bertz CT molecular complexity index is 915. The molecule has 30 heavy (non-hydrogen) atoms. The van der Waals surface area contributed by atoms with Crippen LogP contribution in [0.4, 0.5) is 0 Å². The molecule has 0 aromatic heterocycles. The summed E-state index contributed by atoms with van der Waals surface area (Å²) in [6.07, 6.45) is 7.45. The first kappa shape index (κ1) is 22.2. The van der Waals surface area contributed by atoms with Gasteiger partial charge in [0.25, 0.3) is 5.91 Å². The van der Waals surface area contributed by atoms with Crippen LogP contribution in [-0.4, -0.2) is 61.6 Å². The zero-order valence-corrected chi connectivity index (χ0v) is 17.6. The number of carbonyl (C=O) groups excluding carboxylic acids is 3. The molecular weight excluding hydrogens is 408 g/mol. The lowest BCUT2D eigenvalue weighted by atomic mass is 10.2. The van der Waals surface area contributed by atoms with E-state index in [1.165, 1.54) is 22.5 Å². The van der Waals surface area contributed by atoms with Crippen LogP contribution < -0.4 is 0 Å². The molecule has 2 aliphatic heterocycles. The van der Waals surface area contributed by atoms with E-state index >= 15 is 0 Å². The third kappa shape index (κ3) is 5.54. The van der Waals surface area contributed by atoms with Gasteiger partial charge in [-0.1, -0.05) is 25.0 Å². The van der Waals surface area contributed by atoms with Crippen LogP contribution in [-0.2, 0) is 29.1 Å². The lowest BCUT2D eigenvalue weighted by molar-refractivity contribution is -0.151. The molecular formula is C21H26N2O6S. The number of amides is 2. The first-order chi connectivity index (χ1) is 14.4. The number of likely N-dealkylation sites (tertiary alicyclic amines) is 1. The minimum absolute atomic E-state index is 0.227. The molecule has 0 unspecified atom stereocenters. The topological polar surface area (TPSA) is 101 Å². The third-order valence-corrected chi connectivity index (χ3v) is 7.12. The number of hydrogen-bond donors (Lipinski definition) is 0. The van der Waals surface area contributed by atoms with Crippen LogP contribution in [0.1, 0.15) is 44.1 Å². The molecule has 162 valence electrons. The number of esters is 1. The minimum atomic E-state index is -3.52. The summed E-state index contributed by atoms with van der Waals surface area (Å²) in [4.78, 5) is 36.5. The summed E-state index contributed by atoms with van der Waals surface area (Å²) in [6.45, 7) is 0.953. The molecule has 0 radical (unpaired) electrons. The van der Waals surface area contributed by atoms with Crippen molar-refractivity contribution >= 4 is 33.9 Å². The summed E-state index contributed by atoms with van der Waals surface area (Å²) in [5, 5.41) is 0.